The van der Waals surface area contributed by atoms with Crippen LogP contribution in [0.1, 0.15) is 35.7 Å². The molecule has 0 unspecified atom stereocenters. The number of rotatable bonds is 7. The van der Waals surface area contributed by atoms with Crippen LogP contribution >= 0.6 is 0 Å². The van der Waals surface area contributed by atoms with Crippen LogP contribution in [0, 0.1) is 5.82 Å². The fourth-order valence-corrected chi connectivity index (χ4v) is 4.03. The smallest absolute Gasteiger partial charge is 0.257 e. The lowest BCUT2D eigenvalue weighted by Crippen LogP contribution is -2.37. The zero-order chi connectivity index (χ0) is 22.5. The number of pyridine rings is 1. The molecule has 168 valence electrons. The SMILES string of the molecule is CCCCn1cc(C(=O)NCc2ccccc2)c(=O)c2ccc(N3CCOCC3)c(F)c21. The summed E-state index contributed by atoms with van der Waals surface area (Å²) in [4.78, 5) is 28.0. The minimum atomic E-state index is -0.455. The third-order valence-corrected chi connectivity index (χ3v) is 5.80. The van der Waals surface area contributed by atoms with Gasteiger partial charge in [0.1, 0.15) is 5.56 Å². The molecule has 0 saturated carbocycles. The van der Waals surface area contributed by atoms with E-state index in [4.69, 9.17) is 4.74 Å². The number of anilines is 1. The van der Waals surface area contributed by atoms with Gasteiger partial charge in [-0.25, -0.2) is 4.39 Å². The normalized spacial score (nSPS) is 14.0. The van der Waals surface area contributed by atoms with Gasteiger partial charge in [-0.1, -0.05) is 43.7 Å². The zero-order valence-corrected chi connectivity index (χ0v) is 18.3. The Labute approximate surface area is 186 Å². The second-order valence-corrected chi connectivity index (χ2v) is 7.98. The summed E-state index contributed by atoms with van der Waals surface area (Å²) in [5.74, 6) is -0.877. The van der Waals surface area contributed by atoms with Crippen LogP contribution in [0.3, 0.4) is 0 Å². The fraction of sp³-hybridized carbons (Fsp3) is 0.360. The van der Waals surface area contributed by atoms with Gasteiger partial charge in [-0.15, -0.1) is 0 Å². The van der Waals surface area contributed by atoms with Crippen molar-refractivity contribution in [2.75, 3.05) is 31.2 Å². The number of benzene rings is 2. The highest BCUT2D eigenvalue weighted by Gasteiger charge is 2.22. The Morgan fingerprint density at radius 1 is 1.12 bits per heavy atom. The zero-order valence-electron chi connectivity index (χ0n) is 18.3. The van der Waals surface area contributed by atoms with Gasteiger partial charge in [0, 0.05) is 37.8 Å². The maximum atomic E-state index is 15.7. The Morgan fingerprint density at radius 3 is 2.59 bits per heavy atom. The van der Waals surface area contributed by atoms with Crippen LogP contribution in [0.25, 0.3) is 10.9 Å². The van der Waals surface area contributed by atoms with E-state index >= 15 is 4.39 Å². The molecular weight excluding hydrogens is 409 g/mol. The van der Waals surface area contributed by atoms with E-state index < -0.39 is 17.2 Å². The molecule has 1 saturated heterocycles. The molecule has 1 amide bonds. The van der Waals surface area contributed by atoms with Gasteiger partial charge in [0.25, 0.3) is 5.91 Å². The van der Waals surface area contributed by atoms with Crippen molar-refractivity contribution in [2.45, 2.75) is 32.9 Å². The van der Waals surface area contributed by atoms with Crippen molar-refractivity contribution in [3.63, 3.8) is 0 Å². The molecule has 0 aliphatic carbocycles. The number of nitrogens with one attached hydrogen (secondary N) is 1. The summed E-state index contributed by atoms with van der Waals surface area (Å²) in [5, 5.41) is 3.04. The molecule has 2 heterocycles. The third kappa shape index (κ3) is 4.53. The molecule has 0 bridgehead atoms. The molecule has 6 nitrogen and oxygen atoms in total. The van der Waals surface area contributed by atoms with Crippen LogP contribution < -0.4 is 15.6 Å². The summed E-state index contributed by atoms with van der Waals surface area (Å²) in [6, 6.07) is 12.8. The van der Waals surface area contributed by atoms with Crippen LogP contribution in [-0.4, -0.2) is 36.8 Å². The number of hydrogen-bond acceptors (Lipinski definition) is 4. The first-order valence-electron chi connectivity index (χ1n) is 11.1. The van der Waals surface area contributed by atoms with Gasteiger partial charge in [-0.05, 0) is 24.1 Å². The van der Waals surface area contributed by atoms with E-state index in [1.807, 2.05) is 42.2 Å². The molecule has 32 heavy (non-hydrogen) atoms. The van der Waals surface area contributed by atoms with E-state index in [1.165, 1.54) is 6.20 Å². The molecule has 3 aromatic rings. The number of nitrogens with zero attached hydrogens (tertiary/aromatic N) is 2. The Kier molecular flexibility index (Phi) is 6.85. The van der Waals surface area contributed by atoms with Crippen molar-refractivity contribution in [3.8, 4) is 0 Å². The molecule has 1 aliphatic heterocycles. The number of carbonyl (C=O) groups is 1. The molecule has 0 radical (unpaired) electrons. The minimum Gasteiger partial charge on any atom is -0.378 e. The largest absolute Gasteiger partial charge is 0.378 e. The summed E-state index contributed by atoms with van der Waals surface area (Å²) in [7, 11) is 0. The summed E-state index contributed by atoms with van der Waals surface area (Å²) in [6.07, 6.45) is 3.23. The maximum Gasteiger partial charge on any atom is 0.257 e. The number of carbonyl (C=O) groups excluding carboxylic acids is 1. The van der Waals surface area contributed by atoms with Crippen molar-refractivity contribution < 1.29 is 13.9 Å². The predicted molar refractivity (Wildman–Crippen MR) is 124 cm³/mol. The molecule has 7 heteroatoms. The minimum absolute atomic E-state index is 0.0306. The lowest BCUT2D eigenvalue weighted by atomic mass is 10.1. The molecule has 1 aliphatic rings. The van der Waals surface area contributed by atoms with Crippen LogP contribution in [0.5, 0.6) is 0 Å². The second kappa shape index (κ2) is 9.96. The first kappa shape index (κ1) is 22.0. The van der Waals surface area contributed by atoms with Crippen molar-refractivity contribution in [3.05, 3.63) is 75.8 Å². The van der Waals surface area contributed by atoms with Gasteiger partial charge >= 0.3 is 0 Å². The molecule has 1 aromatic heterocycles. The van der Waals surface area contributed by atoms with Gasteiger partial charge < -0.3 is 19.5 Å². The Bertz CT molecular complexity index is 1150. The molecular formula is C25H28FN3O3. The monoisotopic (exact) mass is 437 g/mol. The molecule has 0 spiro atoms. The first-order chi connectivity index (χ1) is 15.6. The topological polar surface area (TPSA) is 63.6 Å². The Hall–Kier alpha value is -3.19. The lowest BCUT2D eigenvalue weighted by molar-refractivity contribution is 0.0949. The van der Waals surface area contributed by atoms with Crippen molar-refractivity contribution in [1.82, 2.24) is 9.88 Å². The number of ether oxygens (including phenoxy) is 1. The highest BCUT2D eigenvalue weighted by Crippen LogP contribution is 2.27. The van der Waals surface area contributed by atoms with E-state index in [9.17, 15) is 9.59 Å². The first-order valence-corrected chi connectivity index (χ1v) is 11.1. The number of hydrogen-bond donors (Lipinski definition) is 1. The fourth-order valence-electron chi connectivity index (χ4n) is 4.03. The van der Waals surface area contributed by atoms with Crippen LogP contribution in [0.2, 0.25) is 0 Å². The number of aryl methyl sites for hydroxylation is 1. The van der Waals surface area contributed by atoms with Crippen LogP contribution in [0.4, 0.5) is 10.1 Å². The molecule has 4 rings (SSSR count). The highest BCUT2D eigenvalue weighted by atomic mass is 19.1. The van der Waals surface area contributed by atoms with Crippen molar-refractivity contribution >= 4 is 22.5 Å². The van der Waals surface area contributed by atoms with Gasteiger partial charge in [-0.3, -0.25) is 9.59 Å². The van der Waals surface area contributed by atoms with Gasteiger partial charge in [0.15, 0.2) is 5.82 Å². The summed E-state index contributed by atoms with van der Waals surface area (Å²) in [6.45, 7) is 5.17. The van der Waals surface area contributed by atoms with E-state index in [-0.39, 0.29) is 16.5 Å². The van der Waals surface area contributed by atoms with Gasteiger partial charge in [-0.2, -0.15) is 0 Å². The summed E-state index contributed by atoms with van der Waals surface area (Å²) >= 11 is 0. The van der Waals surface area contributed by atoms with Crippen molar-refractivity contribution in [1.29, 1.82) is 0 Å². The number of amides is 1. The summed E-state index contributed by atoms with van der Waals surface area (Å²) < 4.78 is 22.8. The molecule has 2 aromatic carbocycles. The van der Waals surface area contributed by atoms with E-state index in [1.54, 1.807) is 16.7 Å². The Balaban J connectivity index is 1.73. The quantitative estimate of drug-likeness (QED) is 0.612. The van der Waals surface area contributed by atoms with E-state index in [0.29, 0.717) is 45.1 Å². The highest BCUT2D eigenvalue weighted by molar-refractivity contribution is 5.98. The Morgan fingerprint density at radius 2 is 1.88 bits per heavy atom. The molecule has 0 atom stereocenters. The maximum absolute atomic E-state index is 15.7. The number of aromatic nitrogens is 1. The van der Waals surface area contributed by atoms with Crippen LogP contribution in [0.15, 0.2) is 53.5 Å². The lowest BCUT2D eigenvalue weighted by Gasteiger charge is -2.29. The van der Waals surface area contributed by atoms with Gasteiger partial charge in [0.05, 0.1) is 24.4 Å². The van der Waals surface area contributed by atoms with E-state index in [0.717, 1.165) is 18.4 Å². The predicted octanol–water partition coefficient (Wildman–Crippen LogP) is 3.71. The molecule has 1 fully saturated rings. The van der Waals surface area contributed by atoms with Crippen molar-refractivity contribution in [2.24, 2.45) is 0 Å². The average Bonchev–Trinajstić information content (AvgIpc) is 2.83. The number of fused-ring (bicyclic) bond motifs is 1. The number of unbranched alkanes of at least 4 members (excludes halogenated alkanes) is 1. The third-order valence-electron chi connectivity index (χ3n) is 5.80. The standard InChI is InChI=1S/C25H28FN3O3/c1-2-3-11-29-17-20(25(31)27-16-18-7-5-4-6-8-18)24(30)19-9-10-21(22(26)23(19)29)28-12-14-32-15-13-28/h4-10,17H,2-3,11-16H2,1H3,(H,27,31). The second-order valence-electron chi connectivity index (χ2n) is 7.98. The van der Waals surface area contributed by atoms with E-state index in [2.05, 4.69) is 5.32 Å². The number of halogens is 1. The summed E-state index contributed by atoms with van der Waals surface area (Å²) in [5.41, 5.74) is 1.24. The average molecular weight is 438 g/mol. The van der Waals surface area contributed by atoms with Gasteiger partial charge in [0.2, 0.25) is 5.43 Å². The van der Waals surface area contributed by atoms with Crippen LogP contribution in [-0.2, 0) is 17.8 Å². The molecule has 1 N–H and O–H groups in total. The number of morpholine rings is 1.